The number of imidazole rings is 1. The van der Waals surface area contributed by atoms with E-state index in [4.69, 9.17) is 0 Å². The van der Waals surface area contributed by atoms with Crippen molar-refractivity contribution in [3.8, 4) is 0 Å². The molecule has 24 heavy (non-hydrogen) atoms. The second-order valence-corrected chi connectivity index (χ2v) is 6.41. The highest BCUT2D eigenvalue weighted by atomic mass is 16.2. The van der Waals surface area contributed by atoms with E-state index in [1.54, 1.807) is 6.20 Å². The van der Waals surface area contributed by atoms with Crippen molar-refractivity contribution in [1.82, 2.24) is 14.5 Å². The molecule has 0 unspecified atom stereocenters. The lowest BCUT2D eigenvalue weighted by Gasteiger charge is -2.36. The molecule has 1 atom stereocenters. The number of nitrogens with one attached hydrogen (secondary N) is 1. The van der Waals surface area contributed by atoms with E-state index in [9.17, 15) is 4.79 Å². The van der Waals surface area contributed by atoms with Crippen molar-refractivity contribution in [2.75, 3.05) is 11.9 Å². The Morgan fingerprint density at radius 3 is 2.83 bits per heavy atom. The third kappa shape index (κ3) is 4.16. The average molecular weight is 326 g/mol. The van der Waals surface area contributed by atoms with Gasteiger partial charge in [0.05, 0.1) is 6.33 Å². The lowest BCUT2D eigenvalue weighted by molar-refractivity contribution is 0.155. The molecule has 2 heterocycles. The third-order valence-corrected chi connectivity index (χ3v) is 4.78. The quantitative estimate of drug-likeness (QED) is 0.905. The Bertz CT molecular complexity index is 636. The number of benzene rings is 1. The van der Waals surface area contributed by atoms with Crippen LogP contribution in [-0.2, 0) is 13.0 Å². The summed E-state index contributed by atoms with van der Waals surface area (Å²) in [7, 11) is 0. The van der Waals surface area contributed by atoms with Crippen molar-refractivity contribution in [1.29, 1.82) is 0 Å². The predicted molar refractivity (Wildman–Crippen MR) is 96.0 cm³/mol. The van der Waals surface area contributed by atoms with Crippen molar-refractivity contribution in [3.05, 3.63) is 48.5 Å². The Hall–Kier alpha value is -2.30. The van der Waals surface area contributed by atoms with Gasteiger partial charge in [0.15, 0.2) is 0 Å². The minimum atomic E-state index is 0.0228. The summed E-state index contributed by atoms with van der Waals surface area (Å²) < 4.78 is 2.08. The smallest absolute Gasteiger partial charge is 0.322 e. The van der Waals surface area contributed by atoms with Crippen molar-refractivity contribution in [3.63, 3.8) is 0 Å². The monoisotopic (exact) mass is 326 g/mol. The second-order valence-electron chi connectivity index (χ2n) is 6.41. The first-order chi connectivity index (χ1) is 11.8. The molecule has 0 saturated carbocycles. The molecule has 1 N–H and O–H groups in total. The van der Waals surface area contributed by atoms with Crippen LogP contribution in [0.15, 0.2) is 43.0 Å². The fourth-order valence-electron chi connectivity index (χ4n) is 3.30. The number of carbonyl (C=O) groups excluding carboxylic acids is 1. The van der Waals surface area contributed by atoms with Crippen LogP contribution in [0.5, 0.6) is 0 Å². The maximum Gasteiger partial charge on any atom is 0.322 e. The Kier molecular flexibility index (Phi) is 5.51. The fourth-order valence-corrected chi connectivity index (χ4v) is 3.30. The number of aromatic nitrogens is 2. The topological polar surface area (TPSA) is 50.2 Å². The summed E-state index contributed by atoms with van der Waals surface area (Å²) in [6.07, 6.45) is 11.0. The van der Waals surface area contributed by atoms with Crippen molar-refractivity contribution >= 4 is 11.7 Å². The van der Waals surface area contributed by atoms with Crippen LogP contribution >= 0.6 is 0 Å². The summed E-state index contributed by atoms with van der Waals surface area (Å²) in [4.78, 5) is 18.8. The van der Waals surface area contributed by atoms with E-state index in [2.05, 4.69) is 33.9 Å². The maximum absolute atomic E-state index is 12.7. The molecular weight excluding hydrogens is 300 g/mol. The molecular formula is C19H26N4O. The zero-order chi connectivity index (χ0) is 16.8. The molecule has 3 rings (SSSR count). The van der Waals surface area contributed by atoms with Gasteiger partial charge in [0, 0.05) is 37.2 Å². The number of urea groups is 1. The van der Waals surface area contributed by atoms with Crippen molar-refractivity contribution in [2.45, 2.75) is 51.6 Å². The van der Waals surface area contributed by atoms with Crippen molar-refractivity contribution < 1.29 is 4.79 Å². The Morgan fingerprint density at radius 1 is 1.29 bits per heavy atom. The lowest BCUT2D eigenvalue weighted by Crippen LogP contribution is -2.46. The normalized spacial score (nSPS) is 17.7. The highest BCUT2D eigenvalue weighted by Gasteiger charge is 2.26. The van der Waals surface area contributed by atoms with Gasteiger partial charge in [0.2, 0.25) is 0 Å². The molecule has 1 aliphatic heterocycles. The van der Waals surface area contributed by atoms with Crippen LogP contribution in [0.4, 0.5) is 10.5 Å². The summed E-state index contributed by atoms with van der Waals surface area (Å²) >= 11 is 0. The molecule has 5 nitrogen and oxygen atoms in total. The number of amides is 2. The van der Waals surface area contributed by atoms with Crippen LogP contribution in [0.1, 0.15) is 38.2 Å². The largest absolute Gasteiger partial charge is 0.337 e. The molecule has 0 spiro atoms. The molecule has 2 amide bonds. The van der Waals surface area contributed by atoms with Gasteiger partial charge in [-0.15, -0.1) is 0 Å². The highest BCUT2D eigenvalue weighted by Crippen LogP contribution is 2.22. The van der Waals surface area contributed by atoms with Crippen molar-refractivity contribution in [2.24, 2.45) is 0 Å². The third-order valence-electron chi connectivity index (χ3n) is 4.78. The van der Waals surface area contributed by atoms with E-state index in [0.29, 0.717) is 6.04 Å². The summed E-state index contributed by atoms with van der Waals surface area (Å²) in [5.41, 5.74) is 2.15. The zero-order valence-corrected chi connectivity index (χ0v) is 14.3. The fraction of sp³-hybridized carbons (Fsp3) is 0.474. The standard InChI is InChI=1S/C19H26N4O/c1-2-16-6-8-17(9-7-16)21-19(24)23-12-4-3-5-18(23)10-13-22-14-11-20-15-22/h6-9,11,14-15,18H,2-5,10,12-13H2,1H3,(H,21,24)/t18-/m1/s1. The average Bonchev–Trinajstić information content (AvgIpc) is 3.14. The molecule has 1 aliphatic rings. The predicted octanol–water partition coefficient (Wildman–Crippen LogP) is 3.92. The number of hydrogen-bond donors (Lipinski definition) is 1. The van der Waals surface area contributed by atoms with Gasteiger partial charge >= 0.3 is 6.03 Å². The summed E-state index contributed by atoms with van der Waals surface area (Å²) in [6.45, 7) is 3.87. The number of piperidine rings is 1. The van der Waals surface area contributed by atoms with Crippen LogP contribution in [0.25, 0.3) is 0 Å². The SMILES string of the molecule is CCc1ccc(NC(=O)N2CCCC[C@@H]2CCn2ccnc2)cc1. The molecule has 0 bridgehead atoms. The summed E-state index contributed by atoms with van der Waals surface area (Å²) in [5, 5.41) is 3.05. The highest BCUT2D eigenvalue weighted by molar-refractivity contribution is 5.89. The minimum Gasteiger partial charge on any atom is -0.337 e. The maximum atomic E-state index is 12.7. The van der Waals surface area contributed by atoms with Gasteiger partial charge in [-0.25, -0.2) is 9.78 Å². The summed E-state index contributed by atoms with van der Waals surface area (Å²) in [5.74, 6) is 0. The number of hydrogen-bond acceptors (Lipinski definition) is 2. The second kappa shape index (κ2) is 7.99. The Balaban J connectivity index is 1.59. The number of rotatable bonds is 5. The van der Waals surface area contributed by atoms with E-state index in [1.165, 1.54) is 12.0 Å². The molecule has 0 radical (unpaired) electrons. The first-order valence-corrected chi connectivity index (χ1v) is 8.88. The summed E-state index contributed by atoms with van der Waals surface area (Å²) in [6, 6.07) is 8.44. The van der Waals surface area contributed by atoms with E-state index in [0.717, 1.165) is 44.5 Å². The molecule has 128 valence electrons. The van der Waals surface area contributed by atoms with Gasteiger partial charge in [-0.2, -0.15) is 0 Å². The number of aryl methyl sites for hydroxylation is 2. The first-order valence-electron chi connectivity index (χ1n) is 8.88. The molecule has 2 aromatic rings. The number of likely N-dealkylation sites (tertiary alicyclic amines) is 1. The van der Waals surface area contributed by atoms with Gasteiger partial charge in [0.1, 0.15) is 0 Å². The number of carbonyl (C=O) groups is 1. The number of anilines is 1. The number of nitrogens with zero attached hydrogens (tertiary/aromatic N) is 3. The van der Waals surface area contributed by atoms with E-state index < -0.39 is 0 Å². The van der Waals surface area contributed by atoms with Crippen LogP contribution in [-0.4, -0.2) is 33.1 Å². The van der Waals surface area contributed by atoms with Crippen LogP contribution in [0.2, 0.25) is 0 Å². The molecule has 1 fully saturated rings. The molecule has 0 aliphatic carbocycles. The van der Waals surface area contributed by atoms with E-state index in [-0.39, 0.29) is 6.03 Å². The van der Waals surface area contributed by atoms with Gasteiger partial charge in [-0.1, -0.05) is 19.1 Å². The lowest BCUT2D eigenvalue weighted by atomic mass is 9.99. The van der Waals surface area contributed by atoms with E-state index in [1.807, 2.05) is 29.6 Å². The van der Waals surface area contributed by atoms with Crippen LogP contribution in [0, 0.1) is 0 Å². The molecule has 1 aromatic heterocycles. The van der Waals surface area contributed by atoms with Gasteiger partial charge < -0.3 is 14.8 Å². The van der Waals surface area contributed by atoms with E-state index >= 15 is 0 Å². The minimum absolute atomic E-state index is 0.0228. The van der Waals surface area contributed by atoms with Gasteiger partial charge in [-0.3, -0.25) is 0 Å². The van der Waals surface area contributed by atoms with Gasteiger partial charge in [0.25, 0.3) is 0 Å². The first kappa shape index (κ1) is 16.6. The van der Waals surface area contributed by atoms with Crippen LogP contribution < -0.4 is 5.32 Å². The zero-order valence-electron chi connectivity index (χ0n) is 14.3. The molecule has 5 heteroatoms. The molecule has 1 saturated heterocycles. The Morgan fingerprint density at radius 2 is 2.12 bits per heavy atom. The van der Waals surface area contributed by atoms with Crippen LogP contribution in [0.3, 0.4) is 0 Å². The van der Waals surface area contributed by atoms with Gasteiger partial charge in [-0.05, 0) is 49.8 Å². The Labute approximate surface area is 143 Å². The molecule has 1 aromatic carbocycles.